The molecule has 0 bridgehead atoms. The molecule has 0 aromatic carbocycles. The molecule has 0 amide bonds. The minimum Gasteiger partial charge on any atom is -0.397 e. The Balaban J connectivity index is 2.97. The van der Waals surface area contributed by atoms with Gasteiger partial charge in [0.15, 0.2) is 0 Å². The Labute approximate surface area is 71.2 Å². The third-order valence-corrected chi connectivity index (χ3v) is 1.42. The van der Waals surface area contributed by atoms with Gasteiger partial charge in [-0.2, -0.15) is 0 Å². The number of nitrogens with zero attached hydrogens (tertiary/aromatic N) is 1. The Morgan fingerprint density at radius 1 is 1.58 bits per heavy atom. The van der Waals surface area contributed by atoms with Crippen LogP contribution in [-0.2, 0) is 0 Å². The maximum Gasteiger partial charge on any atom is 0.113 e. The van der Waals surface area contributed by atoms with Crippen molar-refractivity contribution in [2.24, 2.45) is 0 Å². The number of nitrogens with two attached hydrogens (primary N) is 1. The fourth-order valence-electron chi connectivity index (χ4n) is 0.772. The number of hydrogen-bond donors (Lipinski definition) is 2. The molecule has 0 atom stereocenters. The highest BCUT2D eigenvalue weighted by Gasteiger charge is 1.94. The van der Waals surface area contributed by atoms with Crippen molar-refractivity contribution in [3.05, 3.63) is 23.5 Å². The minimum absolute atomic E-state index is 0.148. The average molecular weight is 162 g/mol. The molecule has 0 aliphatic rings. The van der Waals surface area contributed by atoms with Gasteiger partial charge in [-0.3, -0.25) is 0 Å². The van der Waals surface area contributed by atoms with Crippen LogP contribution in [0.3, 0.4) is 0 Å². The lowest BCUT2D eigenvalue weighted by molar-refractivity contribution is 0.350. The molecule has 0 saturated carbocycles. The van der Waals surface area contributed by atoms with Crippen LogP contribution in [0.4, 0.5) is 5.69 Å². The first-order valence-electron chi connectivity index (χ1n) is 3.57. The lowest BCUT2D eigenvalue weighted by Crippen LogP contribution is -1.94. The number of aliphatic hydroxyl groups excluding tert-OH is 1. The van der Waals surface area contributed by atoms with Crippen LogP contribution in [0.5, 0.6) is 0 Å². The van der Waals surface area contributed by atoms with Crippen molar-refractivity contribution >= 4 is 5.69 Å². The summed E-state index contributed by atoms with van der Waals surface area (Å²) in [5.41, 5.74) is 7.61. The number of pyridine rings is 1. The fourth-order valence-corrected chi connectivity index (χ4v) is 0.772. The van der Waals surface area contributed by atoms with E-state index in [-0.39, 0.29) is 6.61 Å². The first kappa shape index (κ1) is 8.57. The molecular weight excluding hydrogens is 152 g/mol. The maximum atomic E-state index is 8.43. The molecule has 1 heterocycles. The summed E-state index contributed by atoms with van der Waals surface area (Å²) in [4.78, 5) is 4.10. The molecule has 0 spiro atoms. The van der Waals surface area contributed by atoms with Gasteiger partial charge in [-0.15, -0.1) is 0 Å². The highest BCUT2D eigenvalue weighted by Crippen LogP contribution is 2.06. The minimum atomic E-state index is -0.148. The quantitative estimate of drug-likeness (QED) is 0.540. The predicted molar refractivity (Wildman–Crippen MR) is 47.4 cm³/mol. The van der Waals surface area contributed by atoms with Gasteiger partial charge >= 0.3 is 0 Å². The molecule has 0 unspecified atom stereocenters. The van der Waals surface area contributed by atoms with E-state index in [4.69, 9.17) is 10.8 Å². The first-order chi connectivity index (χ1) is 5.74. The van der Waals surface area contributed by atoms with Crippen LogP contribution in [0.1, 0.15) is 11.4 Å². The summed E-state index contributed by atoms with van der Waals surface area (Å²) in [5, 5.41) is 8.43. The van der Waals surface area contributed by atoms with Crippen LogP contribution in [0, 0.1) is 18.8 Å². The van der Waals surface area contributed by atoms with Crippen LogP contribution in [-0.4, -0.2) is 16.7 Å². The Bertz CT molecular complexity index is 336. The second kappa shape index (κ2) is 3.74. The van der Waals surface area contributed by atoms with Crippen LogP contribution in [0.15, 0.2) is 12.1 Å². The second-order valence-electron chi connectivity index (χ2n) is 2.33. The van der Waals surface area contributed by atoms with Crippen molar-refractivity contribution in [1.29, 1.82) is 0 Å². The van der Waals surface area contributed by atoms with Gasteiger partial charge in [0.1, 0.15) is 12.3 Å². The van der Waals surface area contributed by atoms with E-state index in [1.54, 1.807) is 12.1 Å². The molecule has 3 N–H and O–H groups in total. The molecule has 12 heavy (non-hydrogen) atoms. The summed E-state index contributed by atoms with van der Waals surface area (Å²) < 4.78 is 0. The maximum absolute atomic E-state index is 8.43. The molecule has 62 valence electrons. The van der Waals surface area contributed by atoms with Crippen molar-refractivity contribution < 1.29 is 5.11 Å². The number of anilines is 1. The van der Waals surface area contributed by atoms with Crippen molar-refractivity contribution in [2.45, 2.75) is 6.92 Å². The Kier molecular flexibility index (Phi) is 2.67. The van der Waals surface area contributed by atoms with E-state index >= 15 is 0 Å². The van der Waals surface area contributed by atoms with E-state index in [9.17, 15) is 0 Å². The standard InChI is InChI=1S/C9H10N2O/c1-7-9(10)5-4-8(11-7)3-2-6-12/h4-5,12H,6,10H2,1H3. The summed E-state index contributed by atoms with van der Waals surface area (Å²) in [6, 6.07) is 3.48. The average Bonchev–Trinajstić information content (AvgIpc) is 2.07. The predicted octanol–water partition coefficient (Wildman–Crippen LogP) is 0.316. The lowest BCUT2D eigenvalue weighted by atomic mass is 10.3. The van der Waals surface area contributed by atoms with E-state index in [0.717, 1.165) is 5.69 Å². The molecule has 0 saturated heterocycles. The van der Waals surface area contributed by atoms with Gasteiger partial charge in [0.25, 0.3) is 0 Å². The number of rotatable bonds is 0. The SMILES string of the molecule is Cc1nc(C#CCO)ccc1N. The Hall–Kier alpha value is -1.53. The summed E-state index contributed by atoms with van der Waals surface area (Å²) in [6.45, 7) is 1.67. The van der Waals surface area contributed by atoms with E-state index < -0.39 is 0 Å². The third kappa shape index (κ3) is 1.97. The molecule has 0 aliphatic heterocycles. The van der Waals surface area contributed by atoms with Gasteiger partial charge in [0.05, 0.1) is 11.4 Å². The lowest BCUT2D eigenvalue weighted by Gasteiger charge is -1.97. The zero-order valence-electron chi connectivity index (χ0n) is 6.83. The zero-order valence-corrected chi connectivity index (χ0v) is 6.83. The fraction of sp³-hybridized carbons (Fsp3) is 0.222. The second-order valence-corrected chi connectivity index (χ2v) is 2.33. The topological polar surface area (TPSA) is 59.1 Å². The van der Waals surface area contributed by atoms with E-state index in [0.29, 0.717) is 11.4 Å². The number of hydrogen-bond acceptors (Lipinski definition) is 3. The summed E-state index contributed by atoms with van der Waals surface area (Å²) in [5.74, 6) is 5.21. The van der Waals surface area contributed by atoms with E-state index in [1.165, 1.54) is 0 Å². The van der Waals surface area contributed by atoms with Gasteiger partial charge in [0, 0.05) is 0 Å². The van der Waals surface area contributed by atoms with Crippen molar-refractivity contribution in [1.82, 2.24) is 4.98 Å². The van der Waals surface area contributed by atoms with E-state index in [2.05, 4.69) is 16.8 Å². The van der Waals surface area contributed by atoms with Crippen molar-refractivity contribution in [3.63, 3.8) is 0 Å². The number of aromatic nitrogens is 1. The molecule has 1 rings (SSSR count). The highest BCUT2D eigenvalue weighted by atomic mass is 16.2. The molecular formula is C9H10N2O. The molecule has 1 aromatic rings. The van der Waals surface area contributed by atoms with Crippen LogP contribution >= 0.6 is 0 Å². The molecule has 3 heteroatoms. The summed E-state index contributed by atoms with van der Waals surface area (Å²) in [7, 11) is 0. The summed E-state index contributed by atoms with van der Waals surface area (Å²) >= 11 is 0. The van der Waals surface area contributed by atoms with Crippen molar-refractivity contribution in [2.75, 3.05) is 12.3 Å². The molecule has 1 aromatic heterocycles. The Morgan fingerprint density at radius 3 is 2.92 bits per heavy atom. The smallest absolute Gasteiger partial charge is 0.113 e. The normalized spacial score (nSPS) is 8.83. The third-order valence-electron chi connectivity index (χ3n) is 1.42. The van der Waals surface area contributed by atoms with Crippen LogP contribution < -0.4 is 5.73 Å². The first-order valence-corrected chi connectivity index (χ1v) is 3.57. The highest BCUT2D eigenvalue weighted by molar-refractivity contribution is 5.45. The monoisotopic (exact) mass is 162 g/mol. The van der Waals surface area contributed by atoms with Crippen LogP contribution in [0.2, 0.25) is 0 Å². The van der Waals surface area contributed by atoms with Gasteiger partial charge in [0.2, 0.25) is 0 Å². The van der Waals surface area contributed by atoms with Gasteiger partial charge in [-0.05, 0) is 25.0 Å². The van der Waals surface area contributed by atoms with Gasteiger partial charge < -0.3 is 10.8 Å². The van der Waals surface area contributed by atoms with E-state index in [1.807, 2.05) is 6.92 Å². The molecule has 0 aliphatic carbocycles. The largest absolute Gasteiger partial charge is 0.397 e. The van der Waals surface area contributed by atoms with Gasteiger partial charge in [-0.1, -0.05) is 5.92 Å². The number of nitrogen functional groups attached to an aromatic ring is 1. The Morgan fingerprint density at radius 2 is 2.33 bits per heavy atom. The molecule has 0 fully saturated rings. The van der Waals surface area contributed by atoms with Crippen LogP contribution in [0.25, 0.3) is 0 Å². The van der Waals surface area contributed by atoms with Gasteiger partial charge in [-0.25, -0.2) is 4.98 Å². The zero-order chi connectivity index (χ0) is 8.97. The number of aliphatic hydroxyl groups is 1. The van der Waals surface area contributed by atoms with Crippen molar-refractivity contribution in [3.8, 4) is 11.8 Å². The number of aryl methyl sites for hydroxylation is 1. The summed E-state index contributed by atoms with van der Waals surface area (Å²) in [6.07, 6.45) is 0. The molecule has 0 radical (unpaired) electrons. The molecule has 3 nitrogen and oxygen atoms in total.